The molecule has 0 spiro atoms. The summed E-state index contributed by atoms with van der Waals surface area (Å²) in [4.78, 5) is 21.7. The molecule has 1 aliphatic heterocycles. The fourth-order valence-electron chi connectivity index (χ4n) is 1.62. The zero-order chi connectivity index (χ0) is 13.2. The van der Waals surface area contributed by atoms with Crippen molar-refractivity contribution in [3.8, 4) is 0 Å². The van der Waals surface area contributed by atoms with Crippen molar-refractivity contribution >= 4 is 0 Å². The Balaban J connectivity index is 2.79. The minimum atomic E-state index is -0.827. The Hall–Kier alpha value is -0.160. The van der Waals surface area contributed by atoms with Crippen LogP contribution in [0.2, 0.25) is 0 Å². The van der Waals surface area contributed by atoms with Gasteiger partial charge >= 0.3 is 0 Å². The van der Waals surface area contributed by atoms with Crippen LogP contribution in [0, 0.1) is 5.41 Å². The Morgan fingerprint density at radius 2 is 1.59 bits per heavy atom. The number of rotatable bonds is 2. The molecule has 1 heterocycles. The van der Waals surface area contributed by atoms with Gasteiger partial charge in [-0.05, 0) is 32.6 Å². The Morgan fingerprint density at radius 3 is 2.18 bits per heavy atom. The van der Waals surface area contributed by atoms with Crippen molar-refractivity contribution in [3.63, 3.8) is 0 Å². The maximum Gasteiger partial charge on any atom is 0.231 e. The lowest BCUT2D eigenvalue weighted by Crippen LogP contribution is -2.44. The molecule has 1 atom stereocenters. The fourth-order valence-corrected chi connectivity index (χ4v) is 1.62. The second kappa shape index (κ2) is 5.22. The molecule has 1 saturated heterocycles. The molecule has 0 aliphatic carbocycles. The van der Waals surface area contributed by atoms with Gasteiger partial charge in [-0.2, -0.15) is 9.78 Å². The van der Waals surface area contributed by atoms with Gasteiger partial charge in [0.15, 0.2) is 0 Å². The van der Waals surface area contributed by atoms with E-state index in [1.807, 2.05) is 20.8 Å². The quantitative estimate of drug-likeness (QED) is 0.697. The van der Waals surface area contributed by atoms with Gasteiger partial charge in [0.25, 0.3) is 0 Å². The first kappa shape index (κ1) is 14.9. The summed E-state index contributed by atoms with van der Waals surface area (Å²) in [6.07, 6.45) is 2.52. The van der Waals surface area contributed by atoms with Gasteiger partial charge in [-0.1, -0.05) is 27.2 Å². The van der Waals surface area contributed by atoms with Gasteiger partial charge in [-0.3, -0.25) is 0 Å². The van der Waals surface area contributed by atoms with Crippen LogP contribution in [0.15, 0.2) is 0 Å². The van der Waals surface area contributed by atoms with Crippen molar-refractivity contribution in [1.29, 1.82) is 0 Å². The second-order valence-electron chi connectivity index (χ2n) is 6.10. The van der Waals surface area contributed by atoms with Crippen molar-refractivity contribution < 1.29 is 19.6 Å². The summed E-state index contributed by atoms with van der Waals surface area (Å²) < 4.78 is 0. The molecule has 4 nitrogen and oxygen atoms in total. The standard InChI is InChI=1S/C13H26O4/c1-7-8-13(6)16-14-10-9-11(2,3)12(4,5)15-17-13/h7-10H2,1-6H3. The van der Waals surface area contributed by atoms with E-state index < -0.39 is 5.79 Å². The van der Waals surface area contributed by atoms with Gasteiger partial charge in [0, 0.05) is 6.42 Å². The molecular formula is C13H26O4. The van der Waals surface area contributed by atoms with Crippen LogP contribution < -0.4 is 0 Å². The molecular weight excluding hydrogens is 220 g/mol. The highest BCUT2D eigenvalue weighted by Crippen LogP contribution is 2.39. The highest BCUT2D eigenvalue weighted by Gasteiger charge is 2.43. The molecule has 0 N–H and O–H groups in total. The average Bonchev–Trinajstić information content (AvgIpc) is 2.24. The maximum absolute atomic E-state index is 5.63. The molecule has 1 rings (SSSR count). The molecule has 0 aromatic carbocycles. The molecule has 0 saturated carbocycles. The molecule has 1 aliphatic rings. The SMILES string of the molecule is CCCC1(C)OOCCC(C)(C)C(C)(C)OO1. The van der Waals surface area contributed by atoms with Crippen LogP contribution in [0.1, 0.15) is 60.8 Å². The van der Waals surface area contributed by atoms with E-state index in [2.05, 4.69) is 20.8 Å². The van der Waals surface area contributed by atoms with Crippen molar-refractivity contribution in [2.75, 3.05) is 6.61 Å². The van der Waals surface area contributed by atoms with Crippen molar-refractivity contribution in [2.24, 2.45) is 5.41 Å². The second-order valence-corrected chi connectivity index (χ2v) is 6.10. The minimum absolute atomic E-state index is 0.0478. The van der Waals surface area contributed by atoms with E-state index in [1.54, 1.807) is 0 Å². The minimum Gasteiger partial charge on any atom is -0.234 e. The van der Waals surface area contributed by atoms with Crippen molar-refractivity contribution in [1.82, 2.24) is 0 Å². The van der Waals surface area contributed by atoms with Crippen molar-refractivity contribution in [3.05, 3.63) is 0 Å². The summed E-state index contributed by atoms with van der Waals surface area (Å²) in [5.74, 6) is -0.827. The van der Waals surface area contributed by atoms with Crippen LogP contribution in [0.3, 0.4) is 0 Å². The molecule has 0 amide bonds. The number of hydrogen-bond donors (Lipinski definition) is 0. The highest BCUT2D eigenvalue weighted by atomic mass is 17.3. The summed E-state index contributed by atoms with van der Waals surface area (Å²) in [5.41, 5.74) is -0.438. The molecule has 1 unspecified atom stereocenters. The molecule has 1 fully saturated rings. The molecule has 0 aromatic rings. The first-order chi connectivity index (χ1) is 7.72. The summed E-state index contributed by atoms with van der Waals surface area (Å²) >= 11 is 0. The fraction of sp³-hybridized carbons (Fsp3) is 1.00. The van der Waals surface area contributed by atoms with E-state index in [4.69, 9.17) is 19.6 Å². The largest absolute Gasteiger partial charge is 0.234 e. The molecule has 102 valence electrons. The van der Waals surface area contributed by atoms with E-state index >= 15 is 0 Å². The van der Waals surface area contributed by atoms with Crippen LogP contribution >= 0.6 is 0 Å². The molecule has 4 heteroatoms. The Kier molecular flexibility index (Phi) is 4.58. The van der Waals surface area contributed by atoms with Crippen molar-refractivity contribution in [2.45, 2.75) is 72.2 Å². The first-order valence-electron chi connectivity index (χ1n) is 6.40. The lowest BCUT2D eigenvalue weighted by molar-refractivity contribution is -0.523. The summed E-state index contributed by atoms with van der Waals surface area (Å²) in [7, 11) is 0. The lowest BCUT2D eigenvalue weighted by Gasteiger charge is -2.40. The molecule has 0 radical (unpaired) electrons. The van der Waals surface area contributed by atoms with E-state index in [-0.39, 0.29) is 11.0 Å². The summed E-state index contributed by atoms with van der Waals surface area (Å²) in [6, 6.07) is 0. The normalized spacial score (nSPS) is 33.5. The third kappa shape index (κ3) is 3.65. The van der Waals surface area contributed by atoms with Gasteiger partial charge in [0.05, 0.1) is 6.61 Å². The zero-order valence-corrected chi connectivity index (χ0v) is 12.0. The van der Waals surface area contributed by atoms with Crippen LogP contribution in [0.4, 0.5) is 0 Å². The van der Waals surface area contributed by atoms with Crippen LogP contribution in [-0.2, 0) is 19.6 Å². The maximum atomic E-state index is 5.63. The van der Waals surface area contributed by atoms with E-state index in [1.165, 1.54) is 0 Å². The van der Waals surface area contributed by atoms with Gasteiger partial charge in [0.2, 0.25) is 5.79 Å². The zero-order valence-electron chi connectivity index (χ0n) is 12.0. The van der Waals surface area contributed by atoms with Gasteiger partial charge < -0.3 is 0 Å². The molecule has 17 heavy (non-hydrogen) atoms. The van der Waals surface area contributed by atoms with Gasteiger partial charge in [-0.15, -0.1) is 0 Å². The third-order valence-corrected chi connectivity index (χ3v) is 3.81. The Labute approximate surface area is 104 Å². The van der Waals surface area contributed by atoms with Crippen LogP contribution in [0.25, 0.3) is 0 Å². The third-order valence-electron chi connectivity index (χ3n) is 3.81. The Bertz CT molecular complexity index is 250. The molecule has 0 bridgehead atoms. The molecule has 0 aromatic heterocycles. The van der Waals surface area contributed by atoms with E-state index in [9.17, 15) is 0 Å². The monoisotopic (exact) mass is 246 g/mol. The highest BCUT2D eigenvalue weighted by molar-refractivity contribution is 4.86. The van der Waals surface area contributed by atoms with Gasteiger partial charge in [0.1, 0.15) is 5.60 Å². The summed E-state index contributed by atoms with van der Waals surface area (Å²) in [5, 5.41) is 0. The number of hydrogen-bond acceptors (Lipinski definition) is 4. The van der Waals surface area contributed by atoms with Crippen LogP contribution in [0.5, 0.6) is 0 Å². The summed E-state index contributed by atoms with van der Waals surface area (Å²) in [6.45, 7) is 12.8. The van der Waals surface area contributed by atoms with E-state index in [0.29, 0.717) is 6.61 Å². The predicted octanol–water partition coefficient (Wildman–Crippen LogP) is 3.61. The first-order valence-corrected chi connectivity index (χ1v) is 6.40. The average molecular weight is 246 g/mol. The Morgan fingerprint density at radius 1 is 0.941 bits per heavy atom. The van der Waals surface area contributed by atoms with Crippen LogP contribution in [-0.4, -0.2) is 18.0 Å². The van der Waals surface area contributed by atoms with E-state index in [0.717, 1.165) is 19.3 Å². The predicted molar refractivity (Wildman–Crippen MR) is 65.0 cm³/mol. The smallest absolute Gasteiger partial charge is 0.231 e. The topological polar surface area (TPSA) is 36.9 Å². The lowest BCUT2D eigenvalue weighted by atomic mass is 9.75. The van der Waals surface area contributed by atoms with Gasteiger partial charge in [-0.25, -0.2) is 9.78 Å².